The Kier molecular flexibility index (Phi) is 4.58. The molecule has 88 valence electrons. The Morgan fingerprint density at radius 3 is 2.75 bits per heavy atom. The summed E-state index contributed by atoms with van der Waals surface area (Å²) in [6, 6.07) is 4.73. The van der Waals surface area contributed by atoms with Gasteiger partial charge < -0.3 is 14.9 Å². The lowest BCUT2D eigenvalue weighted by Gasteiger charge is -2.11. The van der Waals surface area contributed by atoms with Crippen LogP contribution in [0.5, 0.6) is 5.75 Å². The van der Waals surface area contributed by atoms with Crippen molar-refractivity contribution >= 4 is 17.6 Å². The second kappa shape index (κ2) is 5.72. The molecule has 0 aromatic heterocycles. The van der Waals surface area contributed by atoms with Crippen LogP contribution < -0.4 is 4.74 Å². The zero-order chi connectivity index (χ0) is 12.1. The van der Waals surface area contributed by atoms with E-state index in [1.54, 1.807) is 12.1 Å². The number of carboxylic acid groups (broad SMARTS) is 1. The number of aliphatic hydroxyl groups excluding tert-OH is 1. The highest BCUT2D eigenvalue weighted by molar-refractivity contribution is 6.32. The molecule has 0 saturated carbocycles. The Bertz CT molecular complexity index is 378. The molecular weight excluding hydrogens is 232 g/mol. The predicted octanol–water partition coefficient (Wildman–Crippen LogP) is 2.25. The monoisotopic (exact) mass is 244 g/mol. The third-order valence-corrected chi connectivity index (χ3v) is 2.30. The van der Waals surface area contributed by atoms with Gasteiger partial charge >= 0.3 is 5.97 Å². The molecule has 0 aliphatic heterocycles. The highest BCUT2D eigenvalue weighted by Crippen LogP contribution is 2.28. The molecule has 0 aliphatic carbocycles. The molecule has 0 saturated heterocycles. The van der Waals surface area contributed by atoms with Crippen LogP contribution in [0.2, 0.25) is 5.02 Å². The van der Waals surface area contributed by atoms with Gasteiger partial charge in [-0.05, 0) is 24.6 Å². The minimum Gasteiger partial charge on any atom is -0.492 e. The summed E-state index contributed by atoms with van der Waals surface area (Å²) in [5, 5.41) is 18.5. The Balaban J connectivity index is 2.83. The number of carbonyl (C=O) groups is 1. The maximum atomic E-state index is 10.4. The Morgan fingerprint density at radius 1 is 1.56 bits per heavy atom. The molecule has 0 amide bonds. The fourth-order valence-corrected chi connectivity index (χ4v) is 1.52. The van der Waals surface area contributed by atoms with Crippen molar-refractivity contribution in [3.63, 3.8) is 0 Å². The van der Waals surface area contributed by atoms with Crippen molar-refractivity contribution in [2.24, 2.45) is 0 Å². The van der Waals surface area contributed by atoms with Gasteiger partial charge in [0.2, 0.25) is 0 Å². The second-order valence-electron chi connectivity index (χ2n) is 3.24. The van der Waals surface area contributed by atoms with Crippen LogP contribution in [0.1, 0.15) is 25.0 Å². The van der Waals surface area contributed by atoms with Crippen molar-refractivity contribution in [1.82, 2.24) is 0 Å². The first kappa shape index (κ1) is 12.8. The van der Waals surface area contributed by atoms with Crippen LogP contribution in [0.4, 0.5) is 0 Å². The number of aliphatic hydroxyl groups is 1. The molecule has 1 unspecified atom stereocenters. The second-order valence-corrected chi connectivity index (χ2v) is 3.64. The minimum absolute atomic E-state index is 0.343. The first-order valence-electron chi connectivity index (χ1n) is 4.86. The van der Waals surface area contributed by atoms with Gasteiger partial charge in [-0.25, -0.2) is 0 Å². The van der Waals surface area contributed by atoms with Crippen LogP contribution >= 0.6 is 11.6 Å². The van der Waals surface area contributed by atoms with Gasteiger partial charge in [-0.3, -0.25) is 4.79 Å². The van der Waals surface area contributed by atoms with E-state index >= 15 is 0 Å². The highest BCUT2D eigenvalue weighted by atomic mass is 35.5. The normalized spacial score (nSPS) is 12.2. The van der Waals surface area contributed by atoms with E-state index in [2.05, 4.69) is 0 Å². The van der Waals surface area contributed by atoms with Crippen molar-refractivity contribution in [3.8, 4) is 5.75 Å². The van der Waals surface area contributed by atoms with Gasteiger partial charge in [0.25, 0.3) is 0 Å². The Morgan fingerprint density at radius 2 is 2.25 bits per heavy atom. The Labute approximate surface area is 98.4 Å². The molecule has 0 heterocycles. The van der Waals surface area contributed by atoms with E-state index in [0.717, 1.165) is 0 Å². The van der Waals surface area contributed by atoms with Gasteiger partial charge in [0.1, 0.15) is 5.75 Å². The number of benzene rings is 1. The molecule has 0 bridgehead atoms. The smallest absolute Gasteiger partial charge is 0.306 e. The first-order chi connectivity index (χ1) is 7.54. The molecule has 0 radical (unpaired) electrons. The molecule has 0 fully saturated rings. The Hall–Kier alpha value is -1.26. The molecule has 1 aromatic rings. The average molecular weight is 245 g/mol. The molecule has 16 heavy (non-hydrogen) atoms. The molecule has 2 N–H and O–H groups in total. The fraction of sp³-hybridized carbons (Fsp3) is 0.364. The fourth-order valence-electron chi connectivity index (χ4n) is 1.28. The molecule has 0 aliphatic rings. The topological polar surface area (TPSA) is 66.8 Å². The largest absolute Gasteiger partial charge is 0.492 e. The highest BCUT2D eigenvalue weighted by Gasteiger charge is 2.13. The van der Waals surface area contributed by atoms with Crippen LogP contribution in [0, 0.1) is 0 Å². The maximum absolute atomic E-state index is 10.4. The van der Waals surface area contributed by atoms with Gasteiger partial charge in [0.15, 0.2) is 0 Å². The van der Waals surface area contributed by atoms with Crippen molar-refractivity contribution in [2.75, 3.05) is 6.61 Å². The number of carboxylic acids is 1. The number of ether oxygens (including phenoxy) is 1. The zero-order valence-electron chi connectivity index (χ0n) is 8.81. The summed E-state index contributed by atoms with van der Waals surface area (Å²) in [5.41, 5.74) is 0.468. The third kappa shape index (κ3) is 3.40. The molecule has 1 rings (SSSR count). The first-order valence-corrected chi connectivity index (χ1v) is 5.24. The van der Waals surface area contributed by atoms with Crippen LogP contribution in [-0.2, 0) is 4.79 Å². The molecule has 0 spiro atoms. The summed E-state index contributed by atoms with van der Waals surface area (Å²) >= 11 is 5.91. The van der Waals surface area contributed by atoms with Gasteiger partial charge in [-0.1, -0.05) is 17.7 Å². The molecule has 5 heteroatoms. The van der Waals surface area contributed by atoms with Gasteiger partial charge in [0, 0.05) is 0 Å². The summed E-state index contributed by atoms with van der Waals surface area (Å²) in [6.45, 7) is 2.33. The van der Waals surface area contributed by atoms with E-state index in [0.29, 0.717) is 22.9 Å². The molecule has 1 aromatic carbocycles. The number of halogens is 1. The quantitative estimate of drug-likeness (QED) is 0.834. The van der Waals surface area contributed by atoms with Crippen LogP contribution in [0.3, 0.4) is 0 Å². The van der Waals surface area contributed by atoms with Gasteiger partial charge in [-0.15, -0.1) is 0 Å². The summed E-state index contributed by atoms with van der Waals surface area (Å²) in [6.07, 6.45) is -1.39. The van der Waals surface area contributed by atoms with E-state index in [1.165, 1.54) is 6.07 Å². The SMILES string of the molecule is CCOc1ccc(C(O)CC(=O)O)cc1Cl. The predicted molar refractivity (Wildman–Crippen MR) is 59.8 cm³/mol. The molecule has 4 nitrogen and oxygen atoms in total. The van der Waals surface area contributed by atoms with Crippen molar-refractivity contribution in [2.45, 2.75) is 19.4 Å². The van der Waals surface area contributed by atoms with E-state index in [-0.39, 0.29) is 6.42 Å². The number of aliphatic carboxylic acids is 1. The van der Waals surface area contributed by atoms with Crippen LogP contribution in [-0.4, -0.2) is 22.8 Å². The summed E-state index contributed by atoms with van der Waals surface area (Å²) in [7, 11) is 0. The summed E-state index contributed by atoms with van der Waals surface area (Å²) in [4.78, 5) is 10.4. The lowest BCUT2D eigenvalue weighted by molar-refractivity contribution is -0.139. The average Bonchev–Trinajstić information content (AvgIpc) is 2.20. The number of hydrogen-bond acceptors (Lipinski definition) is 3. The van der Waals surface area contributed by atoms with E-state index in [4.69, 9.17) is 21.4 Å². The lowest BCUT2D eigenvalue weighted by Crippen LogP contribution is -2.05. The standard InChI is InChI=1S/C11H13ClO4/c1-2-16-10-4-3-7(5-8(10)12)9(13)6-11(14)15/h3-5,9,13H,2,6H2,1H3,(H,14,15). The number of hydrogen-bond donors (Lipinski definition) is 2. The van der Waals surface area contributed by atoms with E-state index in [9.17, 15) is 9.90 Å². The molecule has 1 atom stereocenters. The minimum atomic E-state index is -1.06. The maximum Gasteiger partial charge on any atom is 0.306 e. The van der Waals surface area contributed by atoms with Crippen LogP contribution in [0.15, 0.2) is 18.2 Å². The van der Waals surface area contributed by atoms with Crippen molar-refractivity contribution < 1.29 is 19.7 Å². The number of rotatable bonds is 5. The third-order valence-electron chi connectivity index (χ3n) is 2.01. The van der Waals surface area contributed by atoms with Crippen molar-refractivity contribution in [1.29, 1.82) is 0 Å². The summed E-state index contributed by atoms with van der Waals surface area (Å²) in [5.74, 6) is -0.534. The lowest BCUT2D eigenvalue weighted by atomic mass is 10.1. The zero-order valence-corrected chi connectivity index (χ0v) is 9.57. The van der Waals surface area contributed by atoms with E-state index < -0.39 is 12.1 Å². The van der Waals surface area contributed by atoms with Gasteiger partial charge in [-0.2, -0.15) is 0 Å². The van der Waals surface area contributed by atoms with Crippen molar-refractivity contribution in [3.05, 3.63) is 28.8 Å². The molecular formula is C11H13ClO4. The summed E-state index contributed by atoms with van der Waals surface area (Å²) < 4.78 is 5.22. The van der Waals surface area contributed by atoms with Crippen LogP contribution in [0.25, 0.3) is 0 Å². The van der Waals surface area contributed by atoms with Gasteiger partial charge in [0.05, 0.1) is 24.2 Å². The van der Waals surface area contributed by atoms with E-state index in [1.807, 2.05) is 6.92 Å².